The Morgan fingerprint density at radius 2 is 2.08 bits per heavy atom. The second kappa shape index (κ2) is 3.78. The van der Waals surface area contributed by atoms with Gasteiger partial charge in [0.15, 0.2) is 0 Å². The first kappa shape index (κ1) is 9.36. The molecule has 1 aliphatic rings. The van der Waals surface area contributed by atoms with Crippen LogP contribution in [0.2, 0.25) is 0 Å². The van der Waals surface area contributed by atoms with Crippen molar-refractivity contribution < 1.29 is 9.53 Å². The summed E-state index contributed by atoms with van der Waals surface area (Å²) in [5.74, 6) is 0. The van der Waals surface area contributed by atoms with Crippen molar-refractivity contribution >= 4 is 6.09 Å². The van der Waals surface area contributed by atoms with Crippen molar-refractivity contribution in [2.75, 3.05) is 7.11 Å². The van der Waals surface area contributed by atoms with Crippen LogP contribution < -0.4 is 0 Å². The number of methoxy groups -OCH3 is 1. The molecule has 70 valence electrons. The van der Waals surface area contributed by atoms with Gasteiger partial charge in [-0.2, -0.15) is 0 Å². The van der Waals surface area contributed by atoms with Crippen LogP contribution in [0.5, 0.6) is 0 Å². The Labute approximate surface area is 73.7 Å². The summed E-state index contributed by atoms with van der Waals surface area (Å²) in [4.78, 5) is 13.1. The Morgan fingerprint density at radius 1 is 1.50 bits per heavy atom. The average Bonchev–Trinajstić information content (AvgIpc) is 1.94. The zero-order chi connectivity index (χ0) is 9.14. The molecule has 0 N–H and O–H groups in total. The van der Waals surface area contributed by atoms with Gasteiger partial charge in [-0.05, 0) is 33.1 Å². The lowest BCUT2D eigenvalue weighted by atomic mass is 9.91. The van der Waals surface area contributed by atoms with Crippen molar-refractivity contribution in [1.29, 1.82) is 0 Å². The van der Waals surface area contributed by atoms with E-state index in [2.05, 4.69) is 0 Å². The maximum Gasteiger partial charge on any atom is 0.409 e. The maximum atomic E-state index is 11.3. The first-order valence-electron chi connectivity index (χ1n) is 4.53. The van der Waals surface area contributed by atoms with Crippen LogP contribution >= 0.6 is 0 Å². The maximum absolute atomic E-state index is 11.3. The lowest BCUT2D eigenvalue weighted by molar-refractivity contribution is 0.0652. The zero-order valence-electron chi connectivity index (χ0n) is 8.04. The van der Waals surface area contributed by atoms with Crippen LogP contribution in [0.3, 0.4) is 0 Å². The van der Waals surface area contributed by atoms with Crippen LogP contribution in [0.4, 0.5) is 4.79 Å². The van der Waals surface area contributed by atoms with E-state index >= 15 is 0 Å². The number of nitrogens with zero attached hydrogens (tertiary/aromatic N) is 1. The molecule has 0 aromatic carbocycles. The minimum atomic E-state index is -0.185. The molecule has 0 atom stereocenters. The van der Waals surface area contributed by atoms with Crippen LogP contribution in [-0.4, -0.2) is 30.2 Å². The van der Waals surface area contributed by atoms with Crippen LogP contribution in [0, 0.1) is 0 Å². The van der Waals surface area contributed by atoms with E-state index in [4.69, 9.17) is 4.74 Å². The van der Waals surface area contributed by atoms with E-state index in [1.807, 2.05) is 18.7 Å². The van der Waals surface area contributed by atoms with Crippen molar-refractivity contribution in [3.63, 3.8) is 0 Å². The normalized spacial score (nSPS) is 17.3. The monoisotopic (exact) mass is 171 g/mol. The highest BCUT2D eigenvalue weighted by molar-refractivity contribution is 5.68. The van der Waals surface area contributed by atoms with Gasteiger partial charge in [0, 0.05) is 12.1 Å². The average molecular weight is 171 g/mol. The van der Waals surface area contributed by atoms with E-state index in [0.717, 1.165) is 12.8 Å². The molecule has 0 saturated heterocycles. The minimum absolute atomic E-state index is 0.185. The largest absolute Gasteiger partial charge is 0.453 e. The Hall–Kier alpha value is -0.730. The smallest absolute Gasteiger partial charge is 0.409 e. The second-order valence-electron chi connectivity index (χ2n) is 3.56. The molecule has 12 heavy (non-hydrogen) atoms. The topological polar surface area (TPSA) is 29.5 Å². The third-order valence-electron chi connectivity index (χ3n) is 2.41. The third kappa shape index (κ3) is 1.71. The zero-order valence-corrected chi connectivity index (χ0v) is 8.04. The summed E-state index contributed by atoms with van der Waals surface area (Å²) in [5, 5.41) is 0. The summed E-state index contributed by atoms with van der Waals surface area (Å²) in [7, 11) is 1.44. The fraction of sp³-hybridized carbons (Fsp3) is 0.889. The summed E-state index contributed by atoms with van der Waals surface area (Å²) in [6.07, 6.45) is 3.32. The molecule has 1 aliphatic carbocycles. The fourth-order valence-corrected chi connectivity index (χ4v) is 1.55. The SMILES string of the molecule is COC(=O)N(C(C)C)C1CCC1. The summed E-state index contributed by atoms with van der Waals surface area (Å²) < 4.78 is 4.72. The fourth-order valence-electron chi connectivity index (χ4n) is 1.55. The molecule has 0 aromatic heterocycles. The molecule has 1 rings (SSSR count). The van der Waals surface area contributed by atoms with Crippen LogP contribution in [0.25, 0.3) is 0 Å². The first-order valence-corrected chi connectivity index (χ1v) is 4.53. The summed E-state index contributed by atoms with van der Waals surface area (Å²) in [6, 6.07) is 0.681. The predicted octanol–water partition coefficient (Wildman–Crippen LogP) is 2.02. The molecule has 0 radical (unpaired) electrons. The molecule has 0 aliphatic heterocycles. The minimum Gasteiger partial charge on any atom is -0.453 e. The number of amides is 1. The number of carbonyl (C=O) groups excluding carboxylic acids is 1. The van der Waals surface area contributed by atoms with E-state index in [1.165, 1.54) is 13.5 Å². The number of ether oxygens (including phenoxy) is 1. The van der Waals surface area contributed by atoms with Crippen molar-refractivity contribution in [2.45, 2.75) is 45.2 Å². The standard InChI is InChI=1S/C9H17NO2/c1-7(2)10(9(11)12-3)8-5-4-6-8/h7-8H,4-6H2,1-3H3. The van der Waals surface area contributed by atoms with E-state index in [-0.39, 0.29) is 12.1 Å². The number of rotatable bonds is 2. The Kier molecular flexibility index (Phi) is 2.95. The van der Waals surface area contributed by atoms with Gasteiger partial charge in [-0.1, -0.05) is 0 Å². The van der Waals surface area contributed by atoms with Crippen molar-refractivity contribution in [3.8, 4) is 0 Å². The molecule has 3 heteroatoms. The quantitative estimate of drug-likeness (QED) is 0.636. The first-order chi connectivity index (χ1) is 5.66. The van der Waals surface area contributed by atoms with Crippen molar-refractivity contribution in [1.82, 2.24) is 4.90 Å². The van der Waals surface area contributed by atoms with E-state index in [0.29, 0.717) is 6.04 Å². The molecule has 1 amide bonds. The van der Waals surface area contributed by atoms with Gasteiger partial charge in [-0.3, -0.25) is 0 Å². The molecule has 0 bridgehead atoms. The van der Waals surface area contributed by atoms with Crippen molar-refractivity contribution in [3.05, 3.63) is 0 Å². The molecule has 0 heterocycles. The summed E-state index contributed by atoms with van der Waals surface area (Å²) >= 11 is 0. The summed E-state index contributed by atoms with van der Waals surface area (Å²) in [6.45, 7) is 4.05. The van der Waals surface area contributed by atoms with E-state index in [1.54, 1.807) is 0 Å². The van der Waals surface area contributed by atoms with Gasteiger partial charge < -0.3 is 9.64 Å². The highest BCUT2D eigenvalue weighted by Crippen LogP contribution is 2.26. The molecular formula is C9H17NO2. The number of hydrogen-bond acceptors (Lipinski definition) is 2. The number of hydrogen-bond donors (Lipinski definition) is 0. The van der Waals surface area contributed by atoms with Crippen molar-refractivity contribution in [2.24, 2.45) is 0 Å². The third-order valence-corrected chi connectivity index (χ3v) is 2.41. The van der Waals surface area contributed by atoms with Gasteiger partial charge in [0.2, 0.25) is 0 Å². The molecule has 0 unspecified atom stereocenters. The van der Waals surface area contributed by atoms with E-state index < -0.39 is 0 Å². The van der Waals surface area contributed by atoms with Crippen LogP contribution in [0.1, 0.15) is 33.1 Å². The highest BCUT2D eigenvalue weighted by Gasteiger charge is 2.30. The summed E-state index contributed by atoms with van der Waals surface area (Å²) in [5.41, 5.74) is 0. The lowest BCUT2D eigenvalue weighted by Gasteiger charge is -2.39. The lowest BCUT2D eigenvalue weighted by Crippen LogP contribution is -2.48. The molecule has 0 aromatic rings. The van der Waals surface area contributed by atoms with Crippen LogP contribution in [-0.2, 0) is 4.74 Å². The Bertz CT molecular complexity index is 164. The molecule has 1 fully saturated rings. The highest BCUT2D eigenvalue weighted by atomic mass is 16.5. The molecular weight excluding hydrogens is 154 g/mol. The number of carbonyl (C=O) groups is 1. The van der Waals surface area contributed by atoms with Crippen LogP contribution in [0.15, 0.2) is 0 Å². The van der Waals surface area contributed by atoms with Gasteiger partial charge in [0.25, 0.3) is 0 Å². The molecule has 0 spiro atoms. The predicted molar refractivity (Wildman–Crippen MR) is 47.0 cm³/mol. The van der Waals surface area contributed by atoms with Gasteiger partial charge in [0.1, 0.15) is 0 Å². The second-order valence-corrected chi connectivity index (χ2v) is 3.56. The van der Waals surface area contributed by atoms with E-state index in [9.17, 15) is 4.79 Å². The molecule has 3 nitrogen and oxygen atoms in total. The van der Waals surface area contributed by atoms with Gasteiger partial charge >= 0.3 is 6.09 Å². The Balaban J connectivity index is 2.53. The molecule has 1 saturated carbocycles. The Morgan fingerprint density at radius 3 is 2.33 bits per heavy atom. The van der Waals surface area contributed by atoms with Gasteiger partial charge in [-0.15, -0.1) is 0 Å². The van der Waals surface area contributed by atoms with Gasteiger partial charge in [0.05, 0.1) is 7.11 Å². The van der Waals surface area contributed by atoms with Gasteiger partial charge in [-0.25, -0.2) is 4.79 Å².